The van der Waals surface area contributed by atoms with Gasteiger partial charge in [0, 0.05) is 0 Å². The van der Waals surface area contributed by atoms with E-state index in [9.17, 15) is 24.3 Å². The van der Waals surface area contributed by atoms with Gasteiger partial charge in [-0.1, -0.05) is 78.3 Å². The van der Waals surface area contributed by atoms with Crippen molar-refractivity contribution in [2.45, 2.75) is 91.4 Å². The predicted octanol–water partition coefficient (Wildman–Crippen LogP) is 2.23. The molecule has 1 aromatic carbocycles. The van der Waals surface area contributed by atoms with Crippen molar-refractivity contribution in [1.29, 1.82) is 0 Å². The molecule has 5 atom stereocenters. The monoisotopic (exact) mass is 504 g/mol. The van der Waals surface area contributed by atoms with Gasteiger partial charge in [0.05, 0.1) is 6.04 Å². The number of carbonyl (C=O) groups is 4. The predicted molar refractivity (Wildman–Crippen MR) is 140 cm³/mol. The second-order valence-corrected chi connectivity index (χ2v) is 10.4. The highest BCUT2D eigenvalue weighted by Gasteiger charge is 2.32. The topological polar surface area (TPSA) is 151 Å². The molecule has 1 aromatic rings. The molecule has 0 spiro atoms. The van der Waals surface area contributed by atoms with Gasteiger partial charge in [0.2, 0.25) is 17.7 Å². The van der Waals surface area contributed by atoms with Gasteiger partial charge in [-0.25, -0.2) is 4.79 Å². The maximum Gasteiger partial charge on any atom is 0.326 e. The first-order valence-corrected chi connectivity index (χ1v) is 12.8. The van der Waals surface area contributed by atoms with Gasteiger partial charge in [-0.15, -0.1) is 0 Å². The lowest BCUT2D eigenvalue weighted by Crippen LogP contribution is -2.58. The van der Waals surface area contributed by atoms with Crippen LogP contribution in [0.1, 0.15) is 66.4 Å². The average Bonchev–Trinajstić information content (AvgIpc) is 2.80. The number of rotatable bonds is 15. The van der Waals surface area contributed by atoms with Gasteiger partial charge in [0.15, 0.2) is 0 Å². The number of aliphatic carboxylic acids is 1. The Morgan fingerprint density at radius 3 is 1.72 bits per heavy atom. The van der Waals surface area contributed by atoms with Crippen LogP contribution in [-0.4, -0.2) is 53.0 Å². The molecule has 0 saturated heterocycles. The molecule has 0 aliphatic rings. The third-order valence-corrected chi connectivity index (χ3v) is 6.09. The van der Waals surface area contributed by atoms with Gasteiger partial charge in [-0.2, -0.15) is 0 Å². The van der Waals surface area contributed by atoms with Crippen LogP contribution in [0.5, 0.6) is 0 Å². The number of carboxylic acids is 1. The molecular weight excluding hydrogens is 460 g/mol. The lowest BCUT2D eigenvalue weighted by Gasteiger charge is -2.28. The molecule has 36 heavy (non-hydrogen) atoms. The second-order valence-electron chi connectivity index (χ2n) is 10.4. The quantitative estimate of drug-likeness (QED) is 0.247. The molecule has 0 fully saturated rings. The first-order valence-electron chi connectivity index (χ1n) is 12.8. The van der Waals surface area contributed by atoms with Crippen molar-refractivity contribution in [3.63, 3.8) is 0 Å². The molecule has 5 unspecified atom stereocenters. The summed E-state index contributed by atoms with van der Waals surface area (Å²) in [5.74, 6) is -2.76. The van der Waals surface area contributed by atoms with E-state index in [1.54, 1.807) is 6.92 Å². The lowest BCUT2D eigenvalue weighted by atomic mass is 9.97. The summed E-state index contributed by atoms with van der Waals surface area (Å²) in [6.45, 7) is 11.3. The van der Waals surface area contributed by atoms with E-state index in [0.717, 1.165) is 5.56 Å². The third kappa shape index (κ3) is 10.8. The zero-order valence-electron chi connectivity index (χ0n) is 22.4. The summed E-state index contributed by atoms with van der Waals surface area (Å²) >= 11 is 0. The van der Waals surface area contributed by atoms with E-state index in [1.807, 2.05) is 65.0 Å². The number of carboxylic acid groups (broad SMARTS) is 1. The molecule has 202 valence electrons. The van der Waals surface area contributed by atoms with Crippen LogP contribution in [0, 0.1) is 17.8 Å². The highest BCUT2D eigenvalue weighted by molar-refractivity contribution is 5.94. The van der Waals surface area contributed by atoms with Gasteiger partial charge in [-0.3, -0.25) is 14.4 Å². The molecule has 1 rings (SSSR count). The molecule has 0 aliphatic carbocycles. The Kier molecular flexibility index (Phi) is 13.2. The second kappa shape index (κ2) is 15.2. The van der Waals surface area contributed by atoms with E-state index in [1.165, 1.54) is 0 Å². The van der Waals surface area contributed by atoms with Crippen LogP contribution in [-0.2, 0) is 25.6 Å². The van der Waals surface area contributed by atoms with E-state index in [0.29, 0.717) is 25.7 Å². The van der Waals surface area contributed by atoms with Gasteiger partial charge in [0.1, 0.15) is 18.1 Å². The summed E-state index contributed by atoms with van der Waals surface area (Å²) in [6.07, 6.45) is 1.58. The Labute approximate surface area is 215 Å². The molecule has 0 heterocycles. The smallest absolute Gasteiger partial charge is 0.326 e. The highest BCUT2D eigenvalue weighted by atomic mass is 16.4. The molecule has 9 heteroatoms. The number of benzene rings is 1. The van der Waals surface area contributed by atoms with Gasteiger partial charge >= 0.3 is 5.97 Å². The van der Waals surface area contributed by atoms with Crippen molar-refractivity contribution < 1.29 is 24.3 Å². The summed E-state index contributed by atoms with van der Waals surface area (Å²) in [7, 11) is 0. The SMILES string of the molecule is CCC(C)C(NC(=O)C(CC(C)C)NC(=O)C(CC(C)C)NC(=O)C(N)Cc1ccccc1)C(=O)O. The van der Waals surface area contributed by atoms with Gasteiger partial charge in [-0.05, 0) is 42.6 Å². The fourth-order valence-corrected chi connectivity index (χ4v) is 3.85. The Hall–Kier alpha value is -2.94. The molecule has 9 nitrogen and oxygen atoms in total. The molecule has 0 aliphatic heterocycles. The van der Waals surface area contributed by atoms with E-state index < -0.39 is 47.9 Å². The molecule has 0 radical (unpaired) electrons. The van der Waals surface area contributed by atoms with Crippen molar-refractivity contribution in [2.24, 2.45) is 23.5 Å². The van der Waals surface area contributed by atoms with E-state index >= 15 is 0 Å². The summed E-state index contributed by atoms with van der Waals surface area (Å²) in [5, 5.41) is 17.6. The first kappa shape index (κ1) is 31.1. The van der Waals surface area contributed by atoms with E-state index in [4.69, 9.17) is 5.73 Å². The largest absolute Gasteiger partial charge is 0.480 e. The summed E-state index contributed by atoms with van der Waals surface area (Å²) < 4.78 is 0. The Bertz CT molecular complexity index is 859. The van der Waals surface area contributed by atoms with Crippen molar-refractivity contribution >= 4 is 23.7 Å². The Morgan fingerprint density at radius 1 is 0.806 bits per heavy atom. The van der Waals surface area contributed by atoms with Gasteiger partial charge < -0.3 is 26.8 Å². The Morgan fingerprint density at radius 2 is 1.28 bits per heavy atom. The number of nitrogens with two attached hydrogens (primary N) is 1. The van der Waals surface area contributed by atoms with Crippen LogP contribution in [0.3, 0.4) is 0 Å². The standard InChI is InChI=1S/C27H44N4O5/c1-7-18(6)23(27(35)36)31-26(34)22(14-17(4)5)30-25(33)21(13-16(2)3)29-24(32)20(28)15-19-11-9-8-10-12-19/h8-12,16-18,20-23H,7,13-15,28H2,1-6H3,(H,29,32)(H,30,33)(H,31,34)(H,35,36). The normalized spacial score (nSPS) is 15.5. The zero-order chi connectivity index (χ0) is 27.4. The average molecular weight is 505 g/mol. The molecule has 0 saturated carbocycles. The molecule has 6 N–H and O–H groups in total. The van der Waals surface area contributed by atoms with Crippen molar-refractivity contribution in [1.82, 2.24) is 16.0 Å². The van der Waals surface area contributed by atoms with Crippen LogP contribution in [0.4, 0.5) is 0 Å². The van der Waals surface area contributed by atoms with Crippen molar-refractivity contribution in [2.75, 3.05) is 0 Å². The summed E-state index contributed by atoms with van der Waals surface area (Å²) in [5.41, 5.74) is 7.02. The molecular formula is C27H44N4O5. The summed E-state index contributed by atoms with van der Waals surface area (Å²) in [4.78, 5) is 50.8. The van der Waals surface area contributed by atoms with Crippen molar-refractivity contribution in [3.05, 3.63) is 35.9 Å². The van der Waals surface area contributed by atoms with Crippen LogP contribution in [0.15, 0.2) is 30.3 Å². The number of amides is 3. The maximum absolute atomic E-state index is 13.2. The first-order chi connectivity index (χ1) is 16.8. The maximum atomic E-state index is 13.2. The lowest BCUT2D eigenvalue weighted by molar-refractivity contribution is -0.144. The molecule has 0 bridgehead atoms. The molecule has 3 amide bonds. The fraction of sp³-hybridized carbons (Fsp3) is 0.630. The molecule has 0 aromatic heterocycles. The number of hydrogen-bond donors (Lipinski definition) is 5. The summed E-state index contributed by atoms with van der Waals surface area (Å²) in [6, 6.07) is 5.65. The van der Waals surface area contributed by atoms with E-state index in [-0.39, 0.29) is 17.8 Å². The van der Waals surface area contributed by atoms with Crippen LogP contribution >= 0.6 is 0 Å². The zero-order valence-corrected chi connectivity index (χ0v) is 22.4. The van der Waals surface area contributed by atoms with E-state index in [2.05, 4.69) is 16.0 Å². The fourth-order valence-electron chi connectivity index (χ4n) is 3.85. The highest BCUT2D eigenvalue weighted by Crippen LogP contribution is 2.12. The van der Waals surface area contributed by atoms with Crippen LogP contribution in [0.2, 0.25) is 0 Å². The van der Waals surface area contributed by atoms with Crippen molar-refractivity contribution in [3.8, 4) is 0 Å². The minimum atomic E-state index is -1.12. The third-order valence-electron chi connectivity index (χ3n) is 6.09. The number of hydrogen-bond acceptors (Lipinski definition) is 5. The van der Waals surface area contributed by atoms with Crippen LogP contribution < -0.4 is 21.7 Å². The van der Waals surface area contributed by atoms with Gasteiger partial charge in [0.25, 0.3) is 0 Å². The minimum Gasteiger partial charge on any atom is -0.480 e. The van der Waals surface area contributed by atoms with Crippen LogP contribution in [0.25, 0.3) is 0 Å². The Balaban J connectivity index is 2.98. The number of carbonyl (C=O) groups excluding carboxylic acids is 3. The minimum absolute atomic E-state index is 0.0605. The number of nitrogens with one attached hydrogen (secondary N) is 3.